The minimum Gasteiger partial charge on any atom is -0.311 e. The summed E-state index contributed by atoms with van der Waals surface area (Å²) in [5.74, 6) is 0. The van der Waals surface area contributed by atoms with Crippen LogP contribution in [0.4, 0.5) is 34.1 Å². The van der Waals surface area contributed by atoms with Crippen molar-refractivity contribution in [1.82, 2.24) is 0 Å². The minimum atomic E-state index is -1.88. The molecule has 4 heteroatoms. The maximum atomic E-state index is 2.60. The van der Waals surface area contributed by atoms with Crippen LogP contribution in [0.1, 0.15) is 66.8 Å². The topological polar surface area (TPSA) is 6.48 Å². The Bertz CT molecular complexity index is 3990. The Morgan fingerprint density at radius 2 is 0.896 bits per heavy atom. The molecule has 0 saturated carbocycles. The van der Waals surface area contributed by atoms with Gasteiger partial charge in [0.15, 0.2) is 0 Å². The molecule has 15 rings (SSSR count). The van der Waals surface area contributed by atoms with Crippen molar-refractivity contribution in [2.24, 2.45) is 0 Å². The molecule has 10 aromatic rings. The fourth-order valence-electron chi connectivity index (χ4n) is 15.6. The van der Waals surface area contributed by atoms with E-state index in [0.29, 0.717) is 0 Å². The van der Waals surface area contributed by atoms with Crippen molar-refractivity contribution < 1.29 is 0 Å². The molecule has 0 radical (unpaired) electrons. The largest absolute Gasteiger partial charge is 0.311 e. The van der Waals surface area contributed by atoms with Crippen LogP contribution in [0.5, 0.6) is 0 Å². The van der Waals surface area contributed by atoms with E-state index >= 15 is 0 Å². The van der Waals surface area contributed by atoms with Crippen LogP contribution in [-0.2, 0) is 5.41 Å². The van der Waals surface area contributed by atoms with Crippen LogP contribution >= 0.6 is 0 Å². The Hall–Kier alpha value is -8.03. The standard InChI is InChI=1S/C73H62N2Si2/c1-2-59-53(38-39-54-50-57(40-43-60(54)59)74-65-29-11-15-33-69(65)76(45-19-20-46-76)70-34-16-12-30-66(70)74)24-10-9-23-52-37-42-61-62-44-41-58(51-64(62)73(63(61)49-52,55-25-5-3-6-26-55)56-27-7-4-8-28-56)75-67-31-13-17-35-71(67)77(47-21-22-48-77)72-36-18-14-32-68(72)75/h2-9,11-18,23-44,49-51H,10,19-22,45-48H2,1H3. The predicted octanol–water partition coefficient (Wildman–Crippen LogP) is 15.2. The summed E-state index contributed by atoms with van der Waals surface area (Å²) in [6.07, 6.45) is 15.6. The van der Waals surface area contributed by atoms with E-state index in [4.69, 9.17) is 0 Å². The van der Waals surface area contributed by atoms with Crippen molar-refractivity contribution in [3.05, 3.63) is 269 Å². The lowest BCUT2D eigenvalue weighted by Gasteiger charge is -2.43. The molecular formula is C73H62N2Si2. The molecule has 2 spiro atoms. The van der Waals surface area contributed by atoms with Gasteiger partial charge >= 0.3 is 0 Å². The summed E-state index contributed by atoms with van der Waals surface area (Å²) in [6, 6.07) is 91.9. The van der Waals surface area contributed by atoms with Gasteiger partial charge in [0.2, 0.25) is 0 Å². The second-order valence-corrected chi connectivity index (χ2v) is 30.9. The molecule has 2 nitrogen and oxygen atoms in total. The normalized spacial score (nSPS) is 17.4. The van der Waals surface area contributed by atoms with Gasteiger partial charge in [-0.2, -0.15) is 0 Å². The van der Waals surface area contributed by atoms with E-state index in [2.05, 4.69) is 265 Å². The molecule has 1 aliphatic carbocycles. The summed E-state index contributed by atoms with van der Waals surface area (Å²) < 4.78 is 0. The van der Waals surface area contributed by atoms with E-state index in [0.717, 1.165) is 6.42 Å². The fourth-order valence-corrected chi connectivity index (χ4v) is 26.6. The second kappa shape index (κ2) is 18.3. The SMILES string of the molecule is CC=c1c(=CCC=Cc2ccc3c(c2)C(c2ccccc2)(c2ccccc2)c2cc(N4c5ccccc5[Si]5(CCCC5)c5ccccc54)ccc2-3)ccc2cc(N3c4ccccc4[Si]4(CCCC4)c4ccccc43)ccc12. The van der Waals surface area contributed by atoms with E-state index in [1.165, 1.54) is 144 Å². The van der Waals surface area contributed by atoms with Crippen molar-refractivity contribution in [2.75, 3.05) is 9.80 Å². The third kappa shape index (κ3) is 6.91. The Balaban J connectivity index is 0.793. The molecule has 2 saturated heterocycles. The van der Waals surface area contributed by atoms with Crippen molar-refractivity contribution >= 4 is 100 Å². The Morgan fingerprint density at radius 3 is 1.42 bits per heavy atom. The molecule has 0 aromatic heterocycles. The van der Waals surface area contributed by atoms with E-state index < -0.39 is 21.6 Å². The molecule has 2 fully saturated rings. The third-order valence-corrected chi connectivity index (χ3v) is 29.4. The van der Waals surface area contributed by atoms with Gasteiger partial charge in [-0.15, -0.1) is 0 Å². The molecule has 0 unspecified atom stereocenters. The Kier molecular flexibility index (Phi) is 11.0. The van der Waals surface area contributed by atoms with Crippen molar-refractivity contribution in [3.63, 3.8) is 0 Å². The minimum absolute atomic E-state index is 0.535. The van der Waals surface area contributed by atoms with E-state index in [9.17, 15) is 0 Å². The van der Waals surface area contributed by atoms with Gasteiger partial charge in [0, 0.05) is 34.1 Å². The molecule has 4 aliphatic heterocycles. The Labute approximate surface area is 455 Å². The van der Waals surface area contributed by atoms with Gasteiger partial charge < -0.3 is 9.80 Å². The zero-order valence-corrected chi connectivity index (χ0v) is 45.9. The van der Waals surface area contributed by atoms with E-state index in [1.54, 1.807) is 20.7 Å². The fraction of sp³-hybridized carbons (Fsp3) is 0.151. The number of fused-ring (bicyclic) bond motifs is 12. The van der Waals surface area contributed by atoms with Gasteiger partial charge in [0.1, 0.15) is 16.1 Å². The molecule has 0 amide bonds. The molecular weight excluding hydrogens is 961 g/mol. The zero-order chi connectivity index (χ0) is 51.1. The smallest absolute Gasteiger partial charge is 0.123 e. The van der Waals surface area contributed by atoms with Gasteiger partial charge in [-0.3, -0.25) is 0 Å². The number of nitrogens with zero attached hydrogens (tertiary/aromatic N) is 2. The van der Waals surface area contributed by atoms with Crippen LogP contribution in [-0.4, -0.2) is 16.1 Å². The maximum absolute atomic E-state index is 2.60. The van der Waals surface area contributed by atoms with Crippen molar-refractivity contribution in [1.29, 1.82) is 0 Å². The average Bonchev–Trinajstić information content (AvgIpc) is 4.48. The van der Waals surface area contributed by atoms with Gasteiger partial charge in [-0.05, 0) is 173 Å². The number of benzene rings is 10. The summed E-state index contributed by atoms with van der Waals surface area (Å²) in [4.78, 5) is 5.16. The quantitative estimate of drug-likeness (QED) is 0.147. The number of anilines is 6. The molecule has 0 atom stereocenters. The van der Waals surface area contributed by atoms with Crippen molar-refractivity contribution in [2.45, 2.75) is 68.6 Å². The molecule has 4 heterocycles. The molecule has 77 heavy (non-hydrogen) atoms. The lowest BCUT2D eigenvalue weighted by molar-refractivity contribution is 0.768. The summed E-state index contributed by atoms with van der Waals surface area (Å²) in [5, 5.41) is 11.6. The van der Waals surface area contributed by atoms with Crippen LogP contribution in [0.3, 0.4) is 0 Å². The summed E-state index contributed by atoms with van der Waals surface area (Å²) in [5.41, 5.74) is 16.5. The van der Waals surface area contributed by atoms with Gasteiger partial charge in [-0.25, -0.2) is 0 Å². The predicted molar refractivity (Wildman–Crippen MR) is 332 cm³/mol. The summed E-state index contributed by atoms with van der Waals surface area (Å²) in [7, 11) is -3.67. The molecule has 0 bridgehead atoms. The highest BCUT2D eigenvalue weighted by Crippen LogP contribution is 2.58. The Morgan fingerprint density at radius 1 is 0.442 bits per heavy atom. The number of allylic oxidation sites excluding steroid dienone is 1. The van der Waals surface area contributed by atoms with E-state index in [-0.39, 0.29) is 0 Å². The second-order valence-electron chi connectivity index (χ2n) is 22.4. The monoisotopic (exact) mass is 1020 g/mol. The lowest BCUT2D eigenvalue weighted by atomic mass is 9.67. The molecule has 372 valence electrons. The first kappa shape index (κ1) is 46.3. The summed E-state index contributed by atoms with van der Waals surface area (Å²) >= 11 is 0. The average molecular weight is 1020 g/mol. The van der Waals surface area contributed by atoms with Crippen LogP contribution in [0.25, 0.3) is 40.1 Å². The maximum Gasteiger partial charge on any atom is 0.123 e. The first-order valence-corrected chi connectivity index (χ1v) is 33.2. The number of para-hydroxylation sites is 4. The highest BCUT2D eigenvalue weighted by atomic mass is 28.3. The highest BCUT2D eigenvalue weighted by Gasteiger charge is 2.50. The van der Waals surface area contributed by atoms with Gasteiger partial charge in [0.05, 0.1) is 5.41 Å². The van der Waals surface area contributed by atoms with Crippen LogP contribution < -0.4 is 41.0 Å². The summed E-state index contributed by atoms with van der Waals surface area (Å²) in [6.45, 7) is 2.19. The molecule has 10 aromatic carbocycles. The lowest BCUT2D eigenvalue weighted by Crippen LogP contribution is -2.60. The van der Waals surface area contributed by atoms with Gasteiger partial charge in [0.25, 0.3) is 0 Å². The number of hydrogen-bond acceptors (Lipinski definition) is 2. The first-order chi connectivity index (χ1) is 38.1. The van der Waals surface area contributed by atoms with Crippen molar-refractivity contribution in [3.8, 4) is 11.1 Å². The molecule has 5 aliphatic rings. The first-order valence-electron chi connectivity index (χ1n) is 28.4. The zero-order valence-electron chi connectivity index (χ0n) is 43.9. The van der Waals surface area contributed by atoms with Crippen LogP contribution in [0.15, 0.2) is 231 Å². The third-order valence-electron chi connectivity index (χ3n) is 18.8. The van der Waals surface area contributed by atoms with E-state index in [1.807, 2.05) is 0 Å². The van der Waals surface area contributed by atoms with Crippen LogP contribution in [0.2, 0.25) is 24.2 Å². The van der Waals surface area contributed by atoms with Gasteiger partial charge in [-0.1, -0.05) is 220 Å². The number of rotatable bonds is 7. The van der Waals surface area contributed by atoms with Crippen LogP contribution in [0, 0.1) is 0 Å². The number of hydrogen-bond donors (Lipinski definition) is 0. The molecule has 0 N–H and O–H groups in total. The highest BCUT2D eigenvalue weighted by molar-refractivity contribution is 7.05.